The van der Waals surface area contributed by atoms with Gasteiger partial charge in [-0.3, -0.25) is 0 Å². The molecule has 24 heavy (non-hydrogen) atoms. The van der Waals surface area contributed by atoms with E-state index in [0.29, 0.717) is 26.2 Å². The average molecular weight is 324 g/mol. The van der Waals surface area contributed by atoms with Gasteiger partial charge in [0.15, 0.2) is 0 Å². The Bertz CT molecular complexity index is 735. The third kappa shape index (κ3) is 3.96. The third-order valence-corrected chi connectivity index (χ3v) is 3.75. The molecule has 3 rings (SSSR count). The van der Waals surface area contributed by atoms with Crippen molar-refractivity contribution < 1.29 is 19.0 Å². The van der Waals surface area contributed by atoms with Gasteiger partial charge in [-0.25, -0.2) is 4.79 Å². The highest BCUT2D eigenvalue weighted by molar-refractivity contribution is 5.92. The number of fused-ring (bicyclic) bond motifs is 1. The number of ether oxygens (including phenoxy) is 3. The smallest absolute Gasteiger partial charge is 0.331 e. The molecule has 1 aliphatic rings. The lowest BCUT2D eigenvalue weighted by Gasteiger charge is -2.21. The molecule has 1 aliphatic heterocycles. The first kappa shape index (κ1) is 16.1. The molecule has 0 saturated carbocycles. The molecule has 4 nitrogen and oxygen atoms in total. The van der Waals surface area contributed by atoms with Crippen LogP contribution in [-0.4, -0.2) is 19.2 Å². The lowest BCUT2D eigenvalue weighted by molar-refractivity contribution is -0.137. The summed E-state index contributed by atoms with van der Waals surface area (Å²) < 4.78 is 16.5. The number of rotatable bonds is 5. The minimum absolute atomic E-state index is 0.315. The van der Waals surface area contributed by atoms with Crippen LogP contribution in [0, 0.1) is 0 Å². The van der Waals surface area contributed by atoms with E-state index in [-0.39, 0.29) is 5.97 Å². The van der Waals surface area contributed by atoms with Gasteiger partial charge in [0.2, 0.25) is 0 Å². The number of benzene rings is 2. The SMILES string of the molecule is CCOC(=O)C=C1CCOc2cc(OCc3ccccc3)ccc21. The molecule has 0 bridgehead atoms. The van der Waals surface area contributed by atoms with Crippen LogP contribution in [0.5, 0.6) is 11.5 Å². The van der Waals surface area contributed by atoms with Crippen molar-refractivity contribution in [1.29, 1.82) is 0 Å². The lowest BCUT2D eigenvalue weighted by Crippen LogP contribution is -2.10. The number of carbonyl (C=O) groups is 1. The molecule has 0 unspecified atom stereocenters. The molecule has 2 aromatic rings. The summed E-state index contributed by atoms with van der Waals surface area (Å²) in [6.07, 6.45) is 2.24. The largest absolute Gasteiger partial charge is 0.492 e. The van der Waals surface area contributed by atoms with Crippen LogP contribution in [0.1, 0.15) is 24.5 Å². The molecule has 0 spiro atoms. The van der Waals surface area contributed by atoms with Gasteiger partial charge in [-0.2, -0.15) is 0 Å². The van der Waals surface area contributed by atoms with E-state index in [9.17, 15) is 4.79 Å². The molecule has 0 aliphatic carbocycles. The second kappa shape index (κ2) is 7.68. The van der Waals surface area contributed by atoms with Crippen LogP contribution < -0.4 is 9.47 Å². The Kier molecular flexibility index (Phi) is 5.16. The van der Waals surface area contributed by atoms with Gasteiger partial charge in [0, 0.05) is 24.1 Å². The van der Waals surface area contributed by atoms with E-state index in [0.717, 1.165) is 28.2 Å². The van der Waals surface area contributed by atoms with Gasteiger partial charge in [0.1, 0.15) is 18.1 Å². The van der Waals surface area contributed by atoms with Crippen LogP contribution in [0.2, 0.25) is 0 Å². The van der Waals surface area contributed by atoms with Crippen molar-refractivity contribution in [2.75, 3.05) is 13.2 Å². The van der Waals surface area contributed by atoms with Crippen molar-refractivity contribution in [1.82, 2.24) is 0 Å². The minimum Gasteiger partial charge on any atom is -0.492 e. The molecule has 0 amide bonds. The molecule has 0 saturated heterocycles. The molecule has 0 atom stereocenters. The Morgan fingerprint density at radius 2 is 2.04 bits per heavy atom. The lowest BCUT2D eigenvalue weighted by atomic mass is 9.99. The maximum atomic E-state index is 11.7. The normalized spacial score (nSPS) is 14.6. The fourth-order valence-electron chi connectivity index (χ4n) is 2.60. The van der Waals surface area contributed by atoms with Crippen molar-refractivity contribution in [3.05, 3.63) is 65.7 Å². The highest BCUT2D eigenvalue weighted by Gasteiger charge is 2.17. The Morgan fingerprint density at radius 3 is 2.83 bits per heavy atom. The highest BCUT2D eigenvalue weighted by Crippen LogP contribution is 2.35. The number of esters is 1. The number of hydrogen-bond acceptors (Lipinski definition) is 4. The second-order valence-corrected chi connectivity index (χ2v) is 5.45. The van der Waals surface area contributed by atoms with Gasteiger partial charge < -0.3 is 14.2 Å². The fourth-order valence-corrected chi connectivity index (χ4v) is 2.60. The summed E-state index contributed by atoms with van der Waals surface area (Å²) in [5.74, 6) is 1.17. The van der Waals surface area contributed by atoms with Crippen LogP contribution >= 0.6 is 0 Å². The van der Waals surface area contributed by atoms with Gasteiger partial charge >= 0.3 is 5.97 Å². The first-order valence-electron chi connectivity index (χ1n) is 8.07. The van der Waals surface area contributed by atoms with E-state index in [1.807, 2.05) is 48.5 Å². The molecule has 1 heterocycles. The number of carbonyl (C=O) groups excluding carboxylic acids is 1. The van der Waals surface area contributed by atoms with Crippen molar-refractivity contribution >= 4 is 11.5 Å². The standard InChI is InChI=1S/C20H20O4/c1-2-22-20(21)12-16-10-11-23-19-13-17(8-9-18(16)19)24-14-15-6-4-3-5-7-15/h3-9,12-13H,2,10-11,14H2,1H3. The monoisotopic (exact) mass is 324 g/mol. The molecule has 0 fully saturated rings. The zero-order valence-corrected chi connectivity index (χ0v) is 13.7. The van der Waals surface area contributed by atoms with Crippen LogP contribution in [-0.2, 0) is 16.1 Å². The van der Waals surface area contributed by atoms with Crippen LogP contribution in [0.15, 0.2) is 54.6 Å². The van der Waals surface area contributed by atoms with Gasteiger partial charge in [-0.05, 0) is 30.2 Å². The van der Waals surface area contributed by atoms with Crippen LogP contribution in [0.25, 0.3) is 5.57 Å². The van der Waals surface area contributed by atoms with Crippen molar-refractivity contribution in [3.8, 4) is 11.5 Å². The predicted molar refractivity (Wildman–Crippen MR) is 91.9 cm³/mol. The van der Waals surface area contributed by atoms with Gasteiger partial charge in [0.25, 0.3) is 0 Å². The molecule has 4 heteroatoms. The highest BCUT2D eigenvalue weighted by atomic mass is 16.5. The van der Waals surface area contributed by atoms with Crippen molar-refractivity contribution in [3.63, 3.8) is 0 Å². The second-order valence-electron chi connectivity index (χ2n) is 5.45. The van der Waals surface area contributed by atoms with Gasteiger partial charge in [-0.1, -0.05) is 30.3 Å². The quantitative estimate of drug-likeness (QED) is 0.616. The Morgan fingerprint density at radius 1 is 1.21 bits per heavy atom. The van der Waals surface area contributed by atoms with E-state index in [1.165, 1.54) is 0 Å². The summed E-state index contributed by atoms with van der Waals surface area (Å²) in [6.45, 7) is 3.22. The Labute approximate surface area is 141 Å². The average Bonchev–Trinajstić information content (AvgIpc) is 2.61. The summed E-state index contributed by atoms with van der Waals surface area (Å²) in [4.78, 5) is 11.7. The Hall–Kier alpha value is -2.75. The van der Waals surface area contributed by atoms with Crippen LogP contribution in [0.4, 0.5) is 0 Å². The molecule has 2 aromatic carbocycles. The summed E-state index contributed by atoms with van der Waals surface area (Å²) in [6, 6.07) is 15.7. The van der Waals surface area contributed by atoms with E-state index >= 15 is 0 Å². The van der Waals surface area contributed by atoms with Crippen LogP contribution in [0.3, 0.4) is 0 Å². The molecular weight excluding hydrogens is 304 g/mol. The predicted octanol–water partition coefficient (Wildman–Crippen LogP) is 3.99. The summed E-state index contributed by atoms with van der Waals surface area (Å²) in [5, 5.41) is 0. The van der Waals surface area contributed by atoms with E-state index in [2.05, 4.69) is 0 Å². The van der Waals surface area contributed by atoms with E-state index in [4.69, 9.17) is 14.2 Å². The molecular formula is C20H20O4. The van der Waals surface area contributed by atoms with Gasteiger partial charge in [-0.15, -0.1) is 0 Å². The maximum absolute atomic E-state index is 11.7. The molecule has 0 aromatic heterocycles. The van der Waals surface area contributed by atoms with Gasteiger partial charge in [0.05, 0.1) is 13.2 Å². The van der Waals surface area contributed by atoms with Crippen molar-refractivity contribution in [2.24, 2.45) is 0 Å². The summed E-state index contributed by atoms with van der Waals surface area (Å²) in [5.41, 5.74) is 2.96. The van der Waals surface area contributed by atoms with Crippen molar-refractivity contribution in [2.45, 2.75) is 20.0 Å². The first-order chi connectivity index (χ1) is 11.8. The third-order valence-electron chi connectivity index (χ3n) is 3.75. The topological polar surface area (TPSA) is 44.8 Å². The minimum atomic E-state index is -0.315. The maximum Gasteiger partial charge on any atom is 0.331 e. The van der Waals surface area contributed by atoms with E-state index < -0.39 is 0 Å². The Balaban J connectivity index is 1.74. The molecule has 124 valence electrons. The number of hydrogen-bond donors (Lipinski definition) is 0. The summed E-state index contributed by atoms with van der Waals surface area (Å²) in [7, 11) is 0. The zero-order chi connectivity index (χ0) is 16.8. The summed E-state index contributed by atoms with van der Waals surface area (Å²) >= 11 is 0. The van der Waals surface area contributed by atoms with E-state index in [1.54, 1.807) is 13.0 Å². The molecule has 0 N–H and O–H groups in total. The first-order valence-corrected chi connectivity index (χ1v) is 8.07. The fraction of sp³-hybridized carbons (Fsp3) is 0.250. The zero-order valence-electron chi connectivity index (χ0n) is 13.7. The molecule has 0 radical (unpaired) electrons.